The molecule has 0 saturated heterocycles. The van der Waals surface area contributed by atoms with E-state index < -0.39 is 0 Å². The molecule has 0 fully saturated rings. The number of rotatable bonds is 25. The Morgan fingerprint density at radius 1 is 0.537 bits per heavy atom. The Morgan fingerprint density at radius 2 is 0.902 bits per heavy atom. The second-order valence-electron chi connectivity index (χ2n) is 11.3. The summed E-state index contributed by atoms with van der Waals surface area (Å²) in [5, 5.41) is 10.4. The van der Waals surface area contributed by atoms with Crippen molar-refractivity contribution in [1.82, 2.24) is 0 Å². The fourth-order valence-electron chi connectivity index (χ4n) is 4.90. The molecule has 0 radical (unpaired) electrons. The molecule has 41 heavy (non-hydrogen) atoms. The second-order valence-corrected chi connectivity index (χ2v) is 11.3. The van der Waals surface area contributed by atoms with Crippen molar-refractivity contribution < 1.29 is 19.4 Å². The summed E-state index contributed by atoms with van der Waals surface area (Å²) < 4.78 is 11.5. The van der Waals surface area contributed by atoms with Crippen LogP contribution in [-0.2, 0) is 0 Å². The Bertz CT molecular complexity index is 946. The highest BCUT2D eigenvalue weighted by atomic mass is 16.5. The van der Waals surface area contributed by atoms with Gasteiger partial charge in [0.15, 0.2) is 5.78 Å². The van der Waals surface area contributed by atoms with Gasteiger partial charge in [-0.1, -0.05) is 117 Å². The number of aliphatic hydroxyl groups is 1. The van der Waals surface area contributed by atoms with Crippen molar-refractivity contribution >= 4 is 11.5 Å². The van der Waals surface area contributed by atoms with E-state index in [-0.39, 0.29) is 11.5 Å². The predicted octanol–water partition coefficient (Wildman–Crippen LogP) is 11.3. The van der Waals surface area contributed by atoms with Gasteiger partial charge in [0, 0.05) is 17.2 Å². The SMILES string of the molecule is CCCCCCCCCCCCCCCCCCOc1ccc(/C(O)=C/C(=O)c2ccc(OCCCC)cc2)cc1. The normalized spacial score (nSPS) is 11.5. The lowest BCUT2D eigenvalue weighted by Gasteiger charge is -2.08. The molecule has 4 nitrogen and oxygen atoms in total. The van der Waals surface area contributed by atoms with E-state index in [2.05, 4.69) is 13.8 Å². The predicted molar refractivity (Wildman–Crippen MR) is 173 cm³/mol. The Labute approximate surface area is 250 Å². The van der Waals surface area contributed by atoms with Crippen LogP contribution in [0.1, 0.15) is 145 Å². The van der Waals surface area contributed by atoms with Crippen LogP contribution in [0.2, 0.25) is 0 Å². The summed E-state index contributed by atoms with van der Waals surface area (Å²) in [5.74, 6) is 1.24. The molecule has 4 heteroatoms. The van der Waals surface area contributed by atoms with Gasteiger partial charge in [0.1, 0.15) is 17.3 Å². The first-order chi connectivity index (χ1) is 20.1. The molecular formula is C37H56O4. The Hall–Kier alpha value is -2.75. The van der Waals surface area contributed by atoms with Crippen molar-refractivity contribution in [3.05, 3.63) is 65.7 Å². The third kappa shape index (κ3) is 16.3. The van der Waals surface area contributed by atoms with E-state index in [1.54, 1.807) is 36.4 Å². The van der Waals surface area contributed by atoms with Gasteiger partial charge in [-0.25, -0.2) is 0 Å². The maximum Gasteiger partial charge on any atom is 0.189 e. The van der Waals surface area contributed by atoms with Gasteiger partial charge in [-0.3, -0.25) is 4.79 Å². The summed E-state index contributed by atoms with van der Waals surface area (Å²) in [6, 6.07) is 14.3. The number of benzene rings is 2. The Morgan fingerprint density at radius 3 is 1.34 bits per heavy atom. The molecule has 0 aromatic heterocycles. The first-order valence-electron chi connectivity index (χ1n) is 16.5. The minimum absolute atomic E-state index is 0.0531. The molecule has 0 atom stereocenters. The van der Waals surface area contributed by atoms with Crippen LogP contribution in [0.25, 0.3) is 5.76 Å². The number of ketones is 1. The molecule has 0 aliphatic heterocycles. The quantitative estimate of drug-likeness (QED) is 0.0564. The Balaban J connectivity index is 1.51. The van der Waals surface area contributed by atoms with Crippen LogP contribution < -0.4 is 9.47 Å². The van der Waals surface area contributed by atoms with Gasteiger partial charge >= 0.3 is 0 Å². The molecule has 2 aromatic rings. The third-order valence-corrected chi connectivity index (χ3v) is 7.59. The van der Waals surface area contributed by atoms with Gasteiger partial charge in [0.05, 0.1) is 13.2 Å². The smallest absolute Gasteiger partial charge is 0.189 e. The molecule has 0 heterocycles. The summed E-state index contributed by atoms with van der Waals surface area (Å²) in [4.78, 5) is 12.5. The molecule has 1 N–H and O–H groups in total. The van der Waals surface area contributed by atoms with Crippen LogP contribution in [-0.4, -0.2) is 24.1 Å². The fourth-order valence-corrected chi connectivity index (χ4v) is 4.90. The number of carbonyl (C=O) groups excluding carboxylic acids is 1. The lowest BCUT2D eigenvalue weighted by atomic mass is 10.0. The van der Waals surface area contributed by atoms with Gasteiger partial charge < -0.3 is 14.6 Å². The summed E-state index contributed by atoms with van der Waals surface area (Å²) in [5.41, 5.74) is 1.10. The van der Waals surface area contributed by atoms with Crippen LogP contribution in [0.15, 0.2) is 54.6 Å². The second kappa shape index (κ2) is 22.9. The first-order valence-corrected chi connectivity index (χ1v) is 16.5. The molecule has 0 aliphatic carbocycles. The number of ether oxygens (including phenoxy) is 2. The lowest BCUT2D eigenvalue weighted by Crippen LogP contribution is -1.99. The number of allylic oxidation sites excluding steroid dienone is 1. The van der Waals surface area contributed by atoms with Gasteiger partial charge in [0.25, 0.3) is 0 Å². The maximum absolute atomic E-state index is 12.5. The monoisotopic (exact) mass is 564 g/mol. The van der Waals surface area contributed by atoms with Crippen molar-refractivity contribution in [1.29, 1.82) is 0 Å². The van der Waals surface area contributed by atoms with Crippen LogP contribution in [0.3, 0.4) is 0 Å². The summed E-state index contributed by atoms with van der Waals surface area (Å²) in [7, 11) is 0. The first kappa shape index (κ1) is 34.5. The highest BCUT2D eigenvalue weighted by Gasteiger charge is 2.07. The molecule has 0 aliphatic rings. The molecule has 2 aromatic carbocycles. The zero-order valence-corrected chi connectivity index (χ0v) is 26.0. The van der Waals surface area contributed by atoms with Gasteiger partial charge in [0.2, 0.25) is 0 Å². The van der Waals surface area contributed by atoms with Gasteiger partial charge in [-0.2, -0.15) is 0 Å². The third-order valence-electron chi connectivity index (χ3n) is 7.59. The van der Waals surface area contributed by atoms with Crippen molar-refractivity contribution in [2.45, 2.75) is 129 Å². The van der Waals surface area contributed by atoms with Crippen LogP contribution in [0.5, 0.6) is 11.5 Å². The summed E-state index contributed by atoms with van der Waals surface area (Å²) in [6.07, 6.45) is 25.1. The minimum atomic E-state index is -0.244. The fraction of sp³-hybridized carbons (Fsp3) is 0.595. The number of hydrogen-bond donors (Lipinski definition) is 1. The molecule has 0 amide bonds. The number of unbranched alkanes of at least 4 members (excludes halogenated alkanes) is 16. The minimum Gasteiger partial charge on any atom is -0.507 e. The number of hydrogen-bond acceptors (Lipinski definition) is 4. The average Bonchev–Trinajstić information content (AvgIpc) is 2.99. The van der Waals surface area contributed by atoms with Crippen LogP contribution in [0.4, 0.5) is 0 Å². The lowest BCUT2D eigenvalue weighted by molar-refractivity contribution is 0.104. The zero-order chi connectivity index (χ0) is 29.4. The summed E-state index contributed by atoms with van der Waals surface area (Å²) >= 11 is 0. The highest BCUT2D eigenvalue weighted by Crippen LogP contribution is 2.20. The van der Waals surface area contributed by atoms with Crippen molar-refractivity contribution in [2.75, 3.05) is 13.2 Å². The van der Waals surface area contributed by atoms with E-state index in [0.717, 1.165) is 30.8 Å². The molecule has 0 spiro atoms. The largest absolute Gasteiger partial charge is 0.507 e. The molecule has 0 unspecified atom stereocenters. The maximum atomic E-state index is 12.5. The number of carbonyl (C=O) groups is 1. The highest BCUT2D eigenvalue weighted by molar-refractivity contribution is 6.07. The van der Waals surface area contributed by atoms with Crippen LogP contribution in [0, 0.1) is 0 Å². The topological polar surface area (TPSA) is 55.8 Å². The van der Waals surface area contributed by atoms with E-state index in [0.29, 0.717) is 24.3 Å². The molecule has 0 saturated carbocycles. The van der Waals surface area contributed by atoms with Crippen molar-refractivity contribution in [2.24, 2.45) is 0 Å². The molecule has 2 rings (SSSR count). The van der Waals surface area contributed by atoms with Crippen LogP contribution >= 0.6 is 0 Å². The van der Waals surface area contributed by atoms with E-state index >= 15 is 0 Å². The average molecular weight is 565 g/mol. The van der Waals surface area contributed by atoms with E-state index in [4.69, 9.17) is 9.47 Å². The van der Waals surface area contributed by atoms with Crippen molar-refractivity contribution in [3.8, 4) is 11.5 Å². The molecule has 228 valence electrons. The van der Waals surface area contributed by atoms with Gasteiger partial charge in [-0.15, -0.1) is 0 Å². The molecule has 0 bridgehead atoms. The van der Waals surface area contributed by atoms with E-state index in [1.165, 1.54) is 102 Å². The zero-order valence-electron chi connectivity index (χ0n) is 26.0. The van der Waals surface area contributed by atoms with Crippen molar-refractivity contribution in [3.63, 3.8) is 0 Å². The number of aliphatic hydroxyl groups excluding tert-OH is 1. The standard InChI is InChI=1S/C37H56O4/c1-3-5-7-8-9-10-11-12-13-14-15-16-17-18-19-20-30-41-35-27-23-33(24-28-35)37(39)31-36(38)32-21-25-34(26-22-32)40-29-6-4-2/h21-28,31,39H,3-20,29-30H2,1-2H3/b37-31-. The summed E-state index contributed by atoms with van der Waals surface area (Å²) in [6.45, 7) is 5.77. The Kier molecular flexibility index (Phi) is 19.2. The van der Waals surface area contributed by atoms with Gasteiger partial charge in [-0.05, 0) is 61.4 Å². The van der Waals surface area contributed by atoms with E-state index in [1.807, 2.05) is 12.1 Å². The van der Waals surface area contributed by atoms with E-state index in [9.17, 15) is 9.90 Å². The molecular weight excluding hydrogens is 508 g/mol.